The fourth-order valence-corrected chi connectivity index (χ4v) is 2.65. The van der Waals surface area contributed by atoms with E-state index < -0.39 is 0 Å². The number of fused-ring (bicyclic) bond motifs is 3. The van der Waals surface area contributed by atoms with Gasteiger partial charge in [-0.2, -0.15) is 0 Å². The highest BCUT2D eigenvalue weighted by Gasteiger charge is 2.41. The van der Waals surface area contributed by atoms with Crippen molar-refractivity contribution in [1.29, 1.82) is 0 Å². The zero-order chi connectivity index (χ0) is 12.2. The molecule has 1 aliphatic heterocycles. The van der Waals surface area contributed by atoms with Crippen LogP contribution in [0.4, 0.5) is 4.79 Å². The monoisotopic (exact) mass is 231 g/mol. The second-order valence-electron chi connectivity index (χ2n) is 5.93. The van der Waals surface area contributed by atoms with Gasteiger partial charge in [-0.3, -0.25) is 0 Å². The molecule has 1 heterocycles. The largest absolute Gasteiger partial charge is 0.443 e. The number of hydrogen-bond donors (Lipinski definition) is 1. The molecule has 0 unspecified atom stereocenters. The summed E-state index contributed by atoms with van der Waals surface area (Å²) in [7, 11) is 0. The Balaban J connectivity index is 2.02. The van der Waals surface area contributed by atoms with Crippen LogP contribution in [0, 0.1) is 0 Å². The Morgan fingerprint density at radius 2 is 2.12 bits per heavy atom. The minimum absolute atomic E-state index is 0.00674. The van der Waals surface area contributed by atoms with Crippen molar-refractivity contribution in [2.75, 3.05) is 0 Å². The van der Waals surface area contributed by atoms with Crippen LogP contribution in [-0.4, -0.2) is 12.2 Å². The van der Waals surface area contributed by atoms with E-state index in [1.807, 2.05) is 0 Å². The fourth-order valence-electron chi connectivity index (χ4n) is 2.65. The number of carbonyl (C=O) groups is 1. The second-order valence-corrected chi connectivity index (χ2v) is 5.93. The fraction of sp³-hybridized carbons (Fsp3) is 0.500. The third-order valence-electron chi connectivity index (χ3n) is 3.67. The second kappa shape index (κ2) is 3.25. The van der Waals surface area contributed by atoms with E-state index in [-0.39, 0.29) is 23.7 Å². The molecular weight excluding hydrogens is 214 g/mol. The van der Waals surface area contributed by atoms with Gasteiger partial charge in [0.1, 0.15) is 6.10 Å². The van der Waals surface area contributed by atoms with Crippen molar-refractivity contribution in [2.45, 2.75) is 44.8 Å². The van der Waals surface area contributed by atoms with E-state index >= 15 is 0 Å². The van der Waals surface area contributed by atoms with Crippen LogP contribution in [-0.2, 0) is 16.6 Å². The van der Waals surface area contributed by atoms with Crippen LogP contribution in [0.3, 0.4) is 0 Å². The molecule has 1 fully saturated rings. The van der Waals surface area contributed by atoms with Crippen LogP contribution in [0.5, 0.6) is 0 Å². The van der Waals surface area contributed by atoms with Gasteiger partial charge in [-0.25, -0.2) is 4.79 Å². The number of alkyl carbamates (subject to hydrolysis) is 1. The lowest BCUT2D eigenvalue weighted by Crippen LogP contribution is -2.19. The highest BCUT2D eigenvalue weighted by molar-refractivity contribution is 5.72. The highest BCUT2D eigenvalue weighted by Crippen LogP contribution is 2.38. The smallest absolute Gasteiger partial charge is 0.408 e. The molecule has 1 aromatic carbocycles. The van der Waals surface area contributed by atoms with Crippen molar-refractivity contribution < 1.29 is 9.53 Å². The molecule has 2 aliphatic rings. The maximum atomic E-state index is 11.2. The van der Waals surface area contributed by atoms with Gasteiger partial charge >= 0.3 is 6.09 Å². The van der Waals surface area contributed by atoms with Crippen LogP contribution in [0.1, 0.15) is 43.5 Å². The van der Waals surface area contributed by atoms with Gasteiger partial charge < -0.3 is 10.1 Å². The minimum atomic E-state index is -0.285. The number of nitrogens with one attached hydrogen (secondary N) is 1. The molecule has 0 saturated carbocycles. The molecule has 0 spiro atoms. The summed E-state index contributed by atoms with van der Waals surface area (Å²) >= 11 is 0. The van der Waals surface area contributed by atoms with Gasteiger partial charge in [0, 0.05) is 6.42 Å². The summed E-state index contributed by atoms with van der Waals surface area (Å²) in [6, 6.07) is 6.63. The average molecular weight is 231 g/mol. The van der Waals surface area contributed by atoms with E-state index in [4.69, 9.17) is 4.74 Å². The van der Waals surface area contributed by atoms with Crippen LogP contribution in [0.15, 0.2) is 18.2 Å². The predicted molar refractivity (Wildman–Crippen MR) is 65.0 cm³/mol. The summed E-state index contributed by atoms with van der Waals surface area (Å²) in [5, 5.41) is 2.89. The maximum absolute atomic E-state index is 11.2. The molecule has 1 aliphatic carbocycles. The van der Waals surface area contributed by atoms with E-state index in [0.29, 0.717) is 0 Å². The van der Waals surface area contributed by atoms with Gasteiger partial charge in [0.2, 0.25) is 0 Å². The molecule has 1 aromatic rings. The molecule has 2 atom stereocenters. The lowest BCUT2D eigenvalue weighted by molar-refractivity contribution is 0.136. The Kier molecular flexibility index (Phi) is 2.03. The number of benzene rings is 1. The summed E-state index contributed by atoms with van der Waals surface area (Å²) in [5.74, 6) is 0. The highest BCUT2D eigenvalue weighted by atomic mass is 16.6. The first-order valence-corrected chi connectivity index (χ1v) is 6.05. The third kappa shape index (κ3) is 1.61. The molecule has 3 rings (SSSR count). The molecule has 0 aromatic heterocycles. The first-order chi connectivity index (χ1) is 7.95. The molecule has 90 valence electrons. The van der Waals surface area contributed by atoms with E-state index in [9.17, 15) is 4.79 Å². The number of rotatable bonds is 0. The molecule has 1 saturated heterocycles. The van der Waals surface area contributed by atoms with Gasteiger partial charge in [-0.05, 0) is 22.1 Å². The molecule has 17 heavy (non-hydrogen) atoms. The first kappa shape index (κ1) is 10.6. The number of ether oxygens (including phenoxy) is 1. The summed E-state index contributed by atoms with van der Waals surface area (Å²) < 4.78 is 5.24. The molecule has 3 nitrogen and oxygen atoms in total. The SMILES string of the molecule is CC(C)(C)c1ccc2c(c1)[C@@H]1NC(=O)O[C@@H]1C2. The molecule has 0 radical (unpaired) electrons. The van der Waals surface area contributed by atoms with Gasteiger partial charge in [0.15, 0.2) is 0 Å². The van der Waals surface area contributed by atoms with Crippen LogP contribution >= 0.6 is 0 Å². The number of carbonyl (C=O) groups excluding carboxylic acids is 1. The van der Waals surface area contributed by atoms with Gasteiger partial charge in [0.05, 0.1) is 6.04 Å². The summed E-state index contributed by atoms with van der Waals surface area (Å²) in [6.07, 6.45) is 0.544. The molecule has 1 N–H and O–H groups in total. The van der Waals surface area contributed by atoms with E-state index in [1.165, 1.54) is 16.7 Å². The number of hydrogen-bond acceptors (Lipinski definition) is 2. The third-order valence-corrected chi connectivity index (χ3v) is 3.67. The zero-order valence-electron chi connectivity index (χ0n) is 10.4. The predicted octanol–water partition coefficient (Wildman–Crippen LogP) is 2.69. The van der Waals surface area contributed by atoms with Crippen molar-refractivity contribution >= 4 is 6.09 Å². The van der Waals surface area contributed by atoms with Crippen molar-refractivity contribution in [3.8, 4) is 0 Å². The summed E-state index contributed by atoms with van der Waals surface area (Å²) in [6.45, 7) is 6.60. The van der Waals surface area contributed by atoms with E-state index in [1.54, 1.807) is 0 Å². The molecule has 1 amide bonds. The zero-order valence-corrected chi connectivity index (χ0v) is 10.4. The Labute approximate surface area is 101 Å². The Morgan fingerprint density at radius 1 is 1.35 bits per heavy atom. The standard InChI is InChI=1S/C14H17NO2/c1-14(2,3)9-5-4-8-6-11-12(10(8)7-9)15-13(16)17-11/h4-5,7,11-12H,6H2,1-3H3,(H,15,16)/t11-,12+/m1/s1. The topological polar surface area (TPSA) is 38.3 Å². The summed E-state index contributed by atoms with van der Waals surface area (Å²) in [5.41, 5.74) is 3.97. The number of amides is 1. The summed E-state index contributed by atoms with van der Waals surface area (Å²) in [4.78, 5) is 11.2. The Morgan fingerprint density at radius 3 is 2.82 bits per heavy atom. The van der Waals surface area contributed by atoms with Crippen molar-refractivity contribution in [3.05, 3.63) is 34.9 Å². The van der Waals surface area contributed by atoms with Crippen LogP contribution < -0.4 is 5.32 Å². The lowest BCUT2D eigenvalue weighted by atomic mass is 9.85. The molecular formula is C14H17NO2. The average Bonchev–Trinajstić information content (AvgIpc) is 2.71. The minimum Gasteiger partial charge on any atom is -0.443 e. The lowest BCUT2D eigenvalue weighted by Gasteiger charge is -2.20. The van der Waals surface area contributed by atoms with Crippen LogP contribution in [0.25, 0.3) is 0 Å². The molecule has 3 heteroatoms. The van der Waals surface area contributed by atoms with E-state index in [0.717, 1.165) is 6.42 Å². The Hall–Kier alpha value is -1.51. The Bertz CT molecular complexity index is 487. The van der Waals surface area contributed by atoms with Crippen molar-refractivity contribution in [1.82, 2.24) is 5.32 Å². The van der Waals surface area contributed by atoms with Crippen molar-refractivity contribution in [3.63, 3.8) is 0 Å². The van der Waals surface area contributed by atoms with Gasteiger partial charge in [-0.1, -0.05) is 39.0 Å². The first-order valence-electron chi connectivity index (χ1n) is 6.05. The van der Waals surface area contributed by atoms with E-state index in [2.05, 4.69) is 44.3 Å². The molecule has 0 bridgehead atoms. The van der Waals surface area contributed by atoms with Gasteiger partial charge in [-0.15, -0.1) is 0 Å². The van der Waals surface area contributed by atoms with Gasteiger partial charge in [0.25, 0.3) is 0 Å². The normalized spacial score (nSPS) is 26.2. The van der Waals surface area contributed by atoms with Crippen LogP contribution in [0.2, 0.25) is 0 Å². The quantitative estimate of drug-likeness (QED) is 0.745. The maximum Gasteiger partial charge on any atom is 0.408 e. The van der Waals surface area contributed by atoms with Crippen molar-refractivity contribution in [2.24, 2.45) is 0 Å².